The molecule has 0 fully saturated rings. The monoisotopic (exact) mass is 263 g/mol. The molecule has 2 aromatic rings. The van der Waals surface area contributed by atoms with Gasteiger partial charge in [-0.3, -0.25) is 10.1 Å². The van der Waals surface area contributed by atoms with E-state index in [2.05, 4.69) is 10.1 Å². The molecule has 7 nitrogen and oxygen atoms in total. The molecule has 0 spiro atoms. The molecule has 0 amide bonds. The molecule has 1 aromatic heterocycles. The van der Waals surface area contributed by atoms with Gasteiger partial charge in [0.05, 0.1) is 11.5 Å². The Kier molecular flexibility index (Phi) is 3.21. The van der Waals surface area contributed by atoms with Crippen LogP contribution in [0.5, 0.6) is 0 Å². The van der Waals surface area contributed by atoms with Gasteiger partial charge in [0.2, 0.25) is 0 Å². The number of halogens is 1. The second-order valence-electron chi connectivity index (χ2n) is 3.41. The molecule has 0 aliphatic heterocycles. The number of aromatic nitrogens is 3. The van der Waals surface area contributed by atoms with E-state index in [1.165, 1.54) is 29.2 Å². The highest BCUT2D eigenvalue weighted by atomic mass is 35.5. The Balaban J connectivity index is 2.30. The highest BCUT2D eigenvalue weighted by molar-refractivity contribution is 6.31. The number of nitriles is 1. The Morgan fingerprint density at radius 3 is 2.94 bits per heavy atom. The van der Waals surface area contributed by atoms with E-state index < -0.39 is 4.92 Å². The Hall–Kier alpha value is -2.46. The molecule has 8 heteroatoms. The first-order valence-corrected chi connectivity index (χ1v) is 5.20. The first-order chi connectivity index (χ1) is 8.60. The lowest BCUT2D eigenvalue weighted by atomic mass is 10.2. The number of nitrogens with zero attached hydrogens (tertiary/aromatic N) is 5. The van der Waals surface area contributed by atoms with Crippen molar-refractivity contribution in [3.63, 3.8) is 0 Å². The van der Waals surface area contributed by atoms with Gasteiger partial charge in [-0.05, 0) is 11.6 Å². The average Bonchev–Trinajstić information content (AvgIpc) is 2.79. The zero-order valence-corrected chi connectivity index (χ0v) is 9.70. The fourth-order valence-electron chi connectivity index (χ4n) is 1.39. The highest BCUT2D eigenvalue weighted by Crippen LogP contribution is 2.22. The lowest BCUT2D eigenvalue weighted by Gasteiger charge is -2.03. The van der Waals surface area contributed by atoms with Crippen molar-refractivity contribution in [2.24, 2.45) is 0 Å². The van der Waals surface area contributed by atoms with E-state index in [4.69, 9.17) is 16.9 Å². The maximum atomic E-state index is 10.7. The quantitative estimate of drug-likeness (QED) is 0.621. The SMILES string of the molecule is N#Cc1ncn(Cc2cc([N+](=O)[O-])ccc2Cl)n1. The van der Waals surface area contributed by atoms with Crippen molar-refractivity contribution >= 4 is 17.3 Å². The van der Waals surface area contributed by atoms with Crippen molar-refractivity contribution in [1.29, 1.82) is 5.26 Å². The Labute approximate surface area is 106 Å². The van der Waals surface area contributed by atoms with Crippen molar-refractivity contribution in [3.8, 4) is 6.07 Å². The molecule has 0 aliphatic rings. The number of rotatable bonds is 3. The van der Waals surface area contributed by atoms with E-state index in [0.717, 1.165) is 0 Å². The van der Waals surface area contributed by atoms with E-state index in [1.54, 1.807) is 6.07 Å². The Morgan fingerprint density at radius 2 is 2.33 bits per heavy atom. The van der Waals surface area contributed by atoms with Crippen LogP contribution < -0.4 is 0 Å². The van der Waals surface area contributed by atoms with Gasteiger partial charge in [0, 0.05) is 17.2 Å². The maximum Gasteiger partial charge on any atom is 0.269 e. The molecule has 0 aliphatic carbocycles. The third-order valence-corrected chi connectivity index (χ3v) is 2.58. The van der Waals surface area contributed by atoms with Crippen LogP contribution in [0.15, 0.2) is 24.5 Å². The van der Waals surface area contributed by atoms with Crippen LogP contribution >= 0.6 is 11.6 Å². The molecule has 2 rings (SSSR count). The Morgan fingerprint density at radius 1 is 1.56 bits per heavy atom. The van der Waals surface area contributed by atoms with Crippen molar-refractivity contribution in [2.75, 3.05) is 0 Å². The second-order valence-corrected chi connectivity index (χ2v) is 3.82. The summed E-state index contributed by atoms with van der Waals surface area (Å²) >= 11 is 5.94. The second kappa shape index (κ2) is 4.81. The molecule has 0 unspecified atom stereocenters. The normalized spacial score (nSPS) is 10.0. The molecule has 1 heterocycles. The lowest BCUT2D eigenvalue weighted by molar-refractivity contribution is -0.384. The zero-order valence-electron chi connectivity index (χ0n) is 8.95. The summed E-state index contributed by atoms with van der Waals surface area (Å²) in [5, 5.41) is 23.5. The molecule has 0 saturated carbocycles. The van der Waals surface area contributed by atoms with E-state index in [0.29, 0.717) is 10.6 Å². The van der Waals surface area contributed by atoms with Crippen LogP contribution in [0.4, 0.5) is 5.69 Å². The smallest absolute Gasteiger partial charge is 0.258 e. The first-order valence-electron chi connectivity index (χ1n) is 4.82. The standard InChI is InChI=1S/C10H6ClN5O2/c11-9-2-1-8(16(17)18)3-7(9)5-15-6-13-10(4-12)14-15/h1-3,6H,5H2. The van der Waals surface area contributed by atoms with Crippen LogP contribution in [0.2, 0.25) is 5.02 Å². The van der Waals surface area contributed by atoms with Gasteiger partial charge in [0.25, 0.3) is 11.5 Å². The summed E-state index contributed by atoms with van der Waals surface area (Å²) in [5.74, 6) is 0.0385. The minimum atomic E-state index is -0.498. The topological polar surface area (TPSA) is 97.6 Å². The van der Waals surface area contributed by atoms with Gasteiger partial charge >= 0.3 is 0 Å². The summed E-state index contributed by atoms with van der Waals surface area (Å²) in [6.07, 6.45) is 1.37. The molecular formula is C10H6ClN5O2. The van der Waals surface area contributed by atoms with Gasteiger partial charge in [-0.1, -0.05) is 11.6 Å². The van der Waals surface area contributed by atoms with Crippen LogP contribution in [0.1, 0.15) is 11.4 Å². The minimum absolute atomic E-state index is 0.0385. The van der Waals surface area contributed by atoms with Crippen molar-refractivity contribution < 1.29 is 4.92 Å². The zero-order chi connectivity index (χ0) is 13.1. The number of hydrogen-bond donors (Lipinski definition) is 0. The molecule has 0 atom stereocenters. The summed E-state index contributed by atoms with van der Waals surface area (Å²) in [6.45, 7) is 0.217. The van der Waals surface area contributed by atoms with Crippen molar-refractivity contribution in [3.05, 3.63) is 51.1 Å². The maximum absolute atomic E-state index is 10.7. The fourth-order valence-corrected chi connectivity index (χ4v) is 1.57. The van der Waals surface area contributed by atoms with Gasteiger partial charge in [0.15, 0.2) is 0 Å². The number of nitro benzene ring substituents is 1. The van der Waals surface area contributed by atoms with Crippen molar-refractivity contribution in [1.82, 2.24) is 14.8 Å². The molecule has 1 aromatic carbocycles. The van der Waals surface area contributed by atoms with E-state index >= 15 is 0 Å². The molecule has 0 radical (unpaired) electrons. The third-order valence-electron chi connectivity index (χ3n) is 2.21. The van der Waals surface area contributed by atoms with Crippen LogP contribution in [0.25, 0.3) is 0 Å². The van der Waals surface area contributed by atoms with Gasteiger partial charge in [0.1, 0.15) is 12.4 Å². The molecule has 18 heavy (non-hydrogen) atoms. The average molecular weight is 264 g/mol. The first kappa shape index (κ1) is 12.0. The van der Waals surface area contributed by atoms with Crippen LogP contribution in [0.3, 0.4) is 0 Å². The predicted octanol–water partition coefficient (Wildman–Crippen LogP) is 1.76. The van der Waals surface area contributed by atoms with Gasteiger partial charge in [-0.15, -0.1) is 5.10 Å². The van der Waals surface area contributed by atoms with Crippen molar-refractivity contribution in [2.45, 2.75) is 6.54 Å². The van der Waals surface area contributed by atoms with Crippen LogP contribution in [-0.4, -0.2) is 19.7 Å². The fraction of sp³-hybridized carbons (Fsp3) is 0.100. The number of hydrogen-bond acceptors (Lipinski definition) is 5. The number of non-ortho nitro benzene ring substituents is 1. The summed E-state index contributed by atoms with van der Waals surface area (Å²) in [7, 11) is 0. The summed E-state index contributed by atoms with van der Waals surface area (Å²) in [5.41, 5.74) is 0.496. The van der Waals surface area contributed by atoms with E-state index in [1.807, 2.05) is 0 Å². The molecule has 0 N–H and O–H groups in total. The summed E-state index contributed by atoms with van der Waals surface area (Å²) in [6, 6.07) is 5.95. The summed E-state index contributed by atoms with van der Waals surface area (Å²) < 4.78 is 1.39. The van der Waals surface area contributed by atoms with Gasteiger partial charge < -0.3 is 0 Å². The van der Waals surface area contributed by atoms with E-state index in [-0.39, 0.29) is 18.1 Å². The molecular weight excluding hydrogens is 258 g/mol. The number of nitro groups is 1. The van der Waals surface area contributed by atoms with Crippen LogP contribution in [0, 0.1) is 21.4 Å². The molecule has 0 bridgehead atoms. The lowest BCUT2D eigenvalue weighted by Crippen LogP contribution is -2.02. The molecule has 90 valence electrons. The predicted molar refractivity (Wildman–Crippen MR) is 61.9 cm³/mol. The van der Waals surface area contributed by atoms with Crippen LogP contribution in [-0.2, 0) is 6.54 Å². The van der Waals surface area contributed by atoms with Gasteiger partial charge in [-0.2, -0.15) is 5.26 Å². The largest absolute Gasteiger partial charge is 0.269 e. The Bertz CT molecular complexity index is 646. The highest BCUT2D eigenvalue weighted by Gasteiger charge is 2.10. The van der Waals surface area contributed by atoms with Gasteiger partial charge in [-0.25, -0.2) is 9.67 Å². The minimum Gasteiger partial charge on any atom is -0.258 e. The summed E-state index contributed by atoms with van der Waals surface area (Å²) in [4.78, 5) is 13.9. The third kappa shape index (κ3) is 2.44. The van der Waals surface area contributed by atoms with E-state index in [9.17, 15) is 10.1 Å². The number of benzene rings is 1. The molecule has 0 saturated heterocycles.